The summed E-state index contributed by atoms with van der Waals surface area (Å²) in [5.41, 5.74) is 9.36. The quantitative estimate of drug-likeness (QED) is 0.173. The second-order valence-electron chi connectivity index (χ2n) is 11.8. The fraction of sp³-hybridized carbons (Fsp3) is 0.0233. The summed E-state index contributed by atoms with van der Waals surface area (Å²) < 4.78 is 7.36. The summed E-state index contributed by atoms with van der Waals surface area (Å²) in [6.45, 7) is 6.44. The highest BCUT2D eigenvalue weighted by atomic mass is 32.1. The van der Waals surface area contributed by atoms with Crippen LogP contribution in [0.15, 0.2) is 158 Å². The Morgan fingerprint density at radius 1 is 0.565 bits per heavy atom. The fourth-order valence-corrected chi connectivity index (χ4v) is 8.34. The number of allylic oxidation sites excluding steroid dienone is 5. The third-order valence-corrected chi connectivity index (χ3v) is 10.4. The molecule has 3 heteroatoms. The number of hydrogen-bond donors (Lipinski definition) is 0. The van der Waals surface area contributed by atoms with E-state index in [-0.39, 0.29) is 0 Å². The average molecular weight is 607 g/mol. The van der Waals surface area contributed by atoms with Crippen LogP contribution >= 0.6 is 11.3 Å². The van der Waals surface area contributed by atoms with Crippen LogP contribution in [-0.2, 0) is 0 Å². The molecule has 0 aliphatic rings. The van der Waals surface area contributed by atoms with Gasteiger partial charge in [0.1, 0.15) is 0 Å². The lowest BCUT2D eigenvalue weighted by atomic mass is 10.0. The van der Waals surface area contributed by atoms with Gasteiger partial charge in [-0.05, 0) is 72.7 Å². The molecule has 6 aromatic carbocycles. The molecule has 0 atom stereocenters. The van der Waals surface area contributed by atoms with Crippen LogP contribution in [0, 0.1) is 0 Å². The van der Waals surface area contributed by atoms with Crippen LogP contribution in [0.4, 0.5) is 0 Å². The van der Waals surface area contributed by atoms with Gasteiger partial charge in [-0.25, -0.2) is 0 Å². The summed E-state index contributed by atoms with van der Waals surface area (Å²) >= 11 is 1.88. The number of rotatable bonds is 5. The van der Waals surface area contributed by atoms with Crippen molar-refractivity contribution < 1.29 is 0 Å². The molecule has 0 radical (unpaired) electrons. The molecule has 0 saturated heterocycles. The lowest BCUT2D eigenvalue weighted by molar-refractivity contribution is 1.20. The van der Waals surface area contributed by atoms with E-state index >= 15 is 0 Å². The molecule has 2 nitrogen and oxygen atoms in total. The van der Waals surface area contributed by atoms with Gasteiger partial charge in [0.05, 0.1) is 32.5 Å². The molecule has 0 fully saturated rings. The molecule has 0 aliphatic heterocycles. The number of aromatic nitrogens is 2. The molecule has 9 aromatic rings. The van der Waals surface area contributed by atoms with Crippen molar-refractivity contribution in [1.82, 2.24) is 9.13 Å². The maximum Gasteiger partial charge on any atom is 0.0640 e. The predicted molar refractivity (Wildman–Crippen MR) is 201 cm³/mol. The first-order valence-electron chi connectivity index (χ1n) is 15.7. The Bertz CT molecular complexity index is 2730. The van der Waals surface area contributed by atoms with Crippen molar-refractivity contribution in [3.63, 3.8) is 0 Å². The van der Waals surface area contributed by atoms with E-state index in [1.54, 1.807) is 0 Å². The van der Waals surface area contributed by atoms with E-state index in [2.05, 4.69) is 149 Å². The first kappa shape index (κ1) is 26.7. The third kappa shape index (κ3) is 3.95. The Hall–Kier alpha value is -5.64. The lowest BCUT2D eigenvalue weighted by Crippen LogP contribution is -1.94. The summed E-state index contributed by atoms with van der Waals surface area (Å²) in [4.78, 5) is 0. The highest BCUT2D eigenvalue weighted by molar-refractivity contribution is 7.26. The van der Waals surface area contributed by atoms with Crippen LogP contribution in [-0.4, -0.2) is 9.13 Å². The van der Waals surface area contributed by atoms with Gasteiger partial charge in [-0.1, -0.05) is 104 Å². The van der Waals surface area contributed by atoms with Crippen LogP contribution in [0.3, 0.4) is 0 Å². The minimum Gasteiger partial charge on any atom is -0.310 e. The molecule has 46 heavy (non-hydrogen) atoms. The molecule has 0 N–H and O–H groups in total. The highest BCUT2D eigenvalue weighted by Crippen LogP contribution is 2.42. The standard InChI is InChI=1S/C43H30N2S/c1-3-4-5-13-28(2)44-37-18-9-6-14-31(37)35-26-29(22-24-39(35)44)30-23-25-40-36(27-30)32-15-7-10-19-38(32)45(40)41-20-12-17-34-33-16-8-11-21-42(33)46-43(34)41/h3-27H,2H2,1H3/b4-3-,13-5-. The largest absolute Gasteiger partial charge is 0.310 e. The molecule has 0 aliphatic carbocycles. The Morgan fingerprint density at radius 3 is 1.93 bits per heavy atom. The molecule has 3 aromatic heterocycles. The van der Waals surface area contributed by atoms with E-state index in [1.807, 2.05) is 36.5 Å². The highest BCUT2D eigenvalue weighted by Gasteiger charge is 2.18. The number of fused-ring (bicyclic) bond motifs is 9. The molecule has 0 saturated carbocycles. The third-order valence-electron chi connectivity index (χ3n) is 9.18. The van der Waals surface area contributed by atoms with Crippen molar-refractivity contribution in [3.05, 3.63) is 158 Å². The SMILES string of the molecule is C=C(/C=C\C=C/C)n1c2ccccc2c2cc(-c3ccc4c(c3)c3ccccc3n4-c3cccc4c3sc3ccccc34)ccc21. The topological polar surface area (TPSA) is 9.86 Å². The summed E-state index contributed by atoms with van der Waals surface area (Å²) in [5, 5.41) is 7.62. The van der Waals surface area contributed by atoms with Gasteiger partial charge in [-0.3, -0.25) is 0 Å². The zero-order valence-corrected chi connectivity index (χ0v) is 26.3. The van der Waals surface area contributed by atoms with Gasteiger partial charge in [0.25, 0.3) is 0 Å². The van der Waals surface area contributed by atoms with Crippen LogP contribution < -0.4 is 0 Å². The zero-order valence-electron chi connectivity index (χ0n) is 25.4. The number of nitrogens with zero attached hydrogens (tertiary/aromatic N) is 2. The van der Waals surface area contributed by atoms with Gasteiger partial charge in [-0.2, -0.15) is 0 Å². The van der Waals surface area contributed by atoms with Gasteiger partial charge in [-0.15, -0.1) is 11.3 Å². The summed E-state index contributed by atoms with van der Waals surface area (Å²) in [6.07, 6.45) is 8.18. The Balaban J connectivity index is 1.24. The van der Waals surface area contributed by atoms with Crippen LogP contribution in [0.1, 0.15) is 6.92 Å². The van der Waals surface area contributed by atoms with E-state index < -0.39 is 0 Å². The van der Waals surface area contributed by atoms with E-state index in [1.165, 1.54) is 75.1 Å². The minimum atomic E-state index is 0.944. The fourth-order valence-electron chi connectivity index (χ4n) is 7.13. The predicted octanol–water partition coefficient (Wildman–Crippen LogP) is 12.5. The second kappa shape index (κ2) is 10.5. The van der Waals surface area contributed by atoms with Crippen molar-refractivity contribution >= 4 is 80.8 Å². The van der Waals surface area contributed by atoms with E-state index in [9.17, 15) is 0 Å². The number of benzene rings is 6. The van der Waals surface area contributed by atoms with E-state index in [0.29, 0.717) is 0 Å². The zero-order chi connectivity index (χ0) is 30.8. The van der Waals surface area contributed by atoms with Crippen LogP contribution in [0.25, 0.3) is 86.3 Å². The number of hydrogen-bond acceptors (Lipinski definition) is 1. The molecule has 0 amide bonds. The minimum absolute atomic E-state index is 0.944. The number of para-hydroxylation sites is 2. The van der Waals surface area contributed by atoms with E-state index in [4.69, 9.17) is 0 Å². The summed E-state index contributed by atoms with van der Waals surface area (Å²) in [6, 6.07) is 46.7. The second-order valence-corrected chi connectivity index (χ2v) is 12.8. The Labute approximate surface area is 271 Å². The van der Waals surface area contributed by atoms with Crippen molar-refractivity contribution in [2.24, 2.45) is 0 Å². The number of thiophene rings is 1. The lowest BCUT2D eigenvalue weighted by Gasteiger charge is -2.10. The van der Waals surface area contributed by atoms with Gasteiger partial charge >= 0.3 is 0 Å². The Morgan fingerprint density at radius 2 is 1.15 bits per heavy atom. The molecule has 0 bridgehead atoms. The van der Waals surface area contributed by atoms with Crippen LogP contribution in [0.5, 0.6) is 0 Å². The van der Waals surface area contributed by atoms with Crippen molar-refractivity contribution in [2.75, 3.05) is 0 Å². The maximum atomic E-state index is 4.41. The van der Waals surface area contributed by atoms with Crippen molar-refractivity contribution in [1.29, 1.82) is 0 Å². The van der Waals surface area contributed by atoms with E-state index in [0.717, 1.165) is 11.2 Å². The van der Waals surface area contributed by atoms with Crippen LogP contribution in [0.2, 0.25) is 0 Å². The summed E-state index contributed by atoms with van der Waals surface area (Å²) in [7, 11) is 0. The smallest absolute Gasteiger partial charge is 0.0640 e. The molecule has 3 heterocycles. The molecule has 0 spiro atoms. The van der Waals surface area contributed by atoms with Crippen molar-refractivity contribution in [3.8, 4) is 16.8 Å². The van der Waals surface area contributed by atoms with Gasteiger partial charge in [0.2, 0.25) is 0 Å². The normalized spacial score (nSPS) is 12.4. The first-order valence-corrected chi connectivity index (χ1v) is 16.5. The van der Waals surface area contributed by atoms with Gasteiger partial charge in [0.15, 0.2) is 0 Å². The monoisotopic (exact) mass is 606 g/mol. The molecule has 218 valence electrons. The average Bonchev–Trinajstić information content (AvgIpc) is 3.75. The molecule has 9 rings (SSSR count). The first-order chi connectivity index (χ1) is 22.7. The van der Waals surface area contributed by atoms with Gasteiger partial charge in [0, 0.05) is 42.7 Å². The maximum absolute atomic E-state index is 4.41. The molecular weight excluding hydrogens is 577 g/mol. The van der Waals surface area contributed by atoms with Crippen molar-refractivity contribution in [2.45, 2.75) is 6.92 Å². The van der Waals surface area contributed by atoms with Gasteiger partial charge < -0.3 is 9.13 Å². The molecular formula is C43H30N2S. The Kier molecular flexibility index (Phi) is 6.09. The molecule has 0 unspecified atom stereocenters. The summed E-state index contributed by atoms with van der Waals surface area (Å²) in [5.74, 6) is 0.